The Bertz CT molecular complexity index is 687. The van der Waals surface area contributed by atoms with Crippen molar-refractivity contribution in [3.8, 4) is 5.75 Å². The summed E-state index contributed by atoms with van der Waals surface area (Å²) in [6.07, 6.45) is 7.01. The van der Waals surface area contributed by atoms with Crippen LogP contribution >= 0.6 is 12.4 Å². The molecule has 0 atom stereocenters. The van der Waals surface area contributed by atoms with Crippen LogP contribution in [0.15, 0.2) is 24.3 Å². The van der Waals surface area contributed by atoms with Crippen LogP contribution in [0.1, 0.15) is 38.5 Å². The molecular formula is C22H32ClN3O3. The molecule has 3 aliphatic rings. The van der Waals surface area contributed by atoms with Crippen LogP contribution in [0.25, 0.3) is 0 Å². The van der Waals surface area contributed by atoms with Crippen molar-refractivity contribution in [1.82, 2.24) is 9.80 Å². The molecule has 0 aromatic heterocycles. The van der Waals surface area contributed by atoms with Gasteiger partial charge in [-0.15, -0.1) is 12.4 Å². The predicted octanol–water partition coefficient (Wildman–Crippen LogP) is 2.95. The highest BCUT2D eigenvalue weighted by Crippen LogP contribution is 2.31. The molecular weight excluding hydrogens is 390 g/mol. The van der Waals surface area contributed by atoms with E-state index < -0.39 is 0 Å². The van der Waals surface area contributed by atoms with Gasteiger partial charge in [0.05, 0.1) is 6.61 Å². The first-order valence-corrected chi connectivity index (χ1v) is 10.7. The Morgan fingerprint density at radius 1 is 1.00 bits per heavy atom. The van der Waals surface area contributed by atoms with Gasteiger partial charge in [-0.3, -0.25) is 9.59 Å². The maximum absolute atomic E-state index is 12.5. The quantitative estimate of drug-likeness (QED) is 0.635. The van der Waals surface area contributed by atoms with Gasteiger partial charge in [0.1, 0.15) is 12.3 Å². The lowest BCUT2D eigenvalue weighted by Gasteiger charge is -2.34. The van der Waals surface area contributed by atoms with Gasteiger partial charge in [0, 0.05) is 31.2 Å². The first-order chi connectivity index (χ1) is 13.7. The lowest BCUT2D eigenvalue weighted by atomic mass is 10.1. The number of piperidine rings is 1. The molecule has 0 N–H and O–H groups in total. The van der Waals surface area contributed by atoms with E-state index in [-0.39, 0.29) is 36.7 Å². The maximum Gasteiger partial charge on any atom is 0.246 e. The average Bonchev–Trinajstić information content (AvgIpc) is 3.57. The summed E-state index contributed by atoms with van der Waals surface area (Å²) in [7, 11) is 0. The van der Waals surface area contributed by atoms with Gasteiger partial charge in [0.15, 0.2) is 0 Å². The van der Waals surface area contributed by atoms with Crippen LogP contribution in [0.5, 0.6) is 5.75 Å². The van der Waals surface area contributed by atoms with E-state index in [1.165, 1.54) is 32.4 Å². The monoisotopic (exact) mass is 421 g/mol. The number of ether oxygens (including phenoxy) is 1. The van der Waals surface area contributed by atoms with E-state index in [4.69, 9.17) is 4.74 Å². The number of anilines is 1. The second-order valence-corrected chi connectivity index (χ2v) is 8.18. The number of hydrogen-bond donors (Lipinski definition) is 0. The van der Waals surface area contributed by atoms with Gasteiger partial charge in [0.2, 0.25) is 11.8 Å². The molecule has 2 amide bonds. The number of amides is 2. The van der Waals surface area contributed by atoms with Gasteiger partial charge < -0.3 is 19.4 Å². The third-order valence-corrected chi connectivity index (χ3v) is 5.94. The van der Waals surface area contributed by atoms with Gasteiger partial charge in [-0.05, 0) is 69.5 Å². The van der Waals surface area contributed by atoms with Crippen LogP contribution < -0.4 is 9.64 Å². The predicted molar refractivity (Wildman–Crippen MR) is 116 cm³/mol. The molecule has 3 fully saturated rings. The van der Waals surface area contributed by atoms with E-state index in [2.05, 4.69) is 4.90 Å². The van der Waals surface area contributed by atoms with Gasteiger partial charge in [-0.2, -0.15) is 0 Å². The van der Waals surface area contributed by atoms with Crippen molar-refractivity contribution < 1.29 is 14.3 Å². The van der Waals surface area contributed by atoms with Gasteiger partial charge in [-0.1, -0.05) is 6.42 Å². The van der Waals surface area contributed by atoms with E-state index in [1.807, 2.05) is 24.3 Å². The molecule has 6 nitrogen and oxygen atoms in total. The summed E-state index contributed by atoms with van der Waals surface area (Å²) in [6.45, 7) is 5.66. The first-order valence-electron chi connectivity index (χ1n) is 10.7. The standard InChI is InChI=1S/C22H31N3O3.ClH/c26-21-17-24(22(27)18-5-6-18)14-15-25(21)19-7-9-20(10-8-19)28-16-4-13-23-11-2-1-3-12-23;/h7-10,18H,1-6,11-17H2;1H. The summed E-state index contributed by atoms with van der Waals surface area (Å²) < 4.78 is 5.87. The fourth-order valence-corrected chi connectivity index (χ4v) is 4.11. The molecule has 1 aromatic rings. The van der Waals surface area contributed by atoms with Gasteiger partial charge in [0.25, 0.3) is 0 Å². The van der Waals surface area contributed by atoms with E-state index >= 15 is 0 Å². The van der Waals surface area contributed by atoms with Crippen LogP contribution in [0, 0.1) is 5.92 Å². The lowest BCUT2D eigenvalue weighted by Crippen LogP contribution is -2.52. The van der Waals surface area contributed by atoms with Gasteiger partial charge >= 0.3 is 0 Å². The van der Waals surface area contributed by atoms with Crippen molar-refractivity contribution in [2.24, 2.45) is 5.92 Å². The zero-order chi connectivity index (χ0) is 19.3. The van der Waals surface area contributed by atoms with Crippen LogP contribution in [0.4, 0.5) is 5.69 Å². The molecule has 0 radical (unpaired) electrons. The number of rotatable bonds is 7. The molecule has 29 heavy (non-hydrogen) atoms. The first kappa shape index (κ1) is 21.9. The lowest BCUT2D eigenvalue weighted by molar-refractivity contribution is -0.137. The number of benzene rings is 1. The smallest absolute Gasteiger partial charge is 0.246 e. The highest BCUT2D eigenvalue weighted by molar-refractivity contribution is 5.98. The summed E-state index contributed by atoms with van der Waals surface area (Å²) in [5.41, 5.74) is 0.879. The van der Waals surface area contributed by atoms with Crippen LogP contribution in [-0.4, -0.2) is 67.5 Å². The topological polar surface area (TPSA) is 53.1 Å². The summed E-state index contributed by atoms with van der Waals surface area (Å²) >= 11 is 0. The number of nitrogens with zero attached hydrogens (tertiary/aromatic N) is 3. The van der Waals surface area contributed by atoms with Crippen molar-refractivity contribution in [2.75, 3.05) is 50.8 Å². The zero-order valence-corrected chi connectivity index (χ0v) is 17.9. The van der Waals surface area contributed by atoms with E-state index in [0.29, 0.717) is 13.1 Å². The highest BCUT2D eigenvalue weighted by atomic mass is 35.5. The van der Waals surface area contributed by atoms with Crippen LogP contribution in [0.3, 0.4) is 0 Å². The minimum atomic E-state index is -0.00421. The van der Waals surface area contributed by atoms with Crippen molar-refractivity contribution in [3.63, 3.8) is 0 Å². The minimum absolute atomic E-state index is 0. The largest absolute Gasteiger partial charge is 0.494 e. The maximum atomic E-state index is 12.5. The minimum Gasteiger partial charge on any atom is -0.494 e. The Morgan fingerprint density at radius 3 is 2.38 bits per heavy atom. The third kappa shape index (κ3) is 5.86. The van der Waals surface area contributed by atoms with E-state index in [9.17, 15) is 9.59 Å². The number of likely N-dealkylation sites (tertiary alicyclic amines) is 1. The van der Waals surface area contributed by atoms with Crippen LogP contribution in [-0.2, 0) is 9.59 Å². The van der Waals surface area contributed by atoms with E-state index in [0.717, 1.165) is 43.9 Å². The molecule has 1 aromatic carbocycles. The Kier molecular flexibility index (Phi) is 7.78. The molecule has 1 saturated carbocycles. The molecule has 7 heteroatoms. The Balaban J connectivity index is 0.00000240. The highest BCUT2D eigenvalue weighted by Gasteiger charge is 2.36. The molecule has 0 spiro atoms. The van der Waals surface area contributed by atoms with Crippen molar-refractivity contribution in [2.45, 2.75) is 38.5 Å². The second-order valence-electron chi connectivity index (χ2n) is 8.18. The number of piperazine rings is 1. The Labute approximate surface area is 179 Å². The van der Waals surface area contributed by atoms with E-state index in [1.54, 1.807) is 9.80 Å². The molecule has 160 valence electrons. The Hall–Kier alpha value is -1.79. The molecule has 0 bridgehead atoms. The third-order valence-electron chi connectivity index (χ3n) is 5.94. The molecule has 0 unspecified atom stereocenters. The van der Waals surface area contributed by atoms with Crippen molar-refractivity contribution >= 4 is 29.9 Å². The fourth-order valence-electron chi connectivity index (χ4n) is 4.11. The van der Waals surface area contributed by atoms with Crippen molar-refractivity contribution in [3.05, 3.63) is 24.3 Å². The van der Waals surface area contributed by atoms with Crippen molar-refractivity contribution in [1.29, 1.82) is 0 Å². The molecule has 1 aliphatic carbocycles. The zero-order valence-electron chi connectivity index (χ0n) is 17.1. The molecule has 2 aliphatic heterocycles. The normalized spacial score (nSPS) is 20.3. The molecule has 2 heterocycles. The summed E-state index contributed by atoms with van der Waals surface area (Å²) in [5.74, 6) is 1.17. The van der Waals surface area contributed by atoms with Gasteiger partial charge in [-0.25, -0.2) is 0 Å². The molecule has 4 rings (SSSR count). The SMILES string of the molecule is Cl.O=C(C1CC1)N1CCN(c2ccc(OCCCN3CCCCC3)cc2)C(=O)C1. The fraction of sp³-hybridized carbons (Fsp3) is 0.636. The van der Waals surface area contributed by atoms with Crippen LogP contribution in [0.2, 0.25) is 0 Å². The average molecular weight is 422 g/mol. The number of halogens is 1. The Morgan fingerprint density at radius 2 is 1.72 bits per heavy atom. The number of carbonyl (C=O) groups is 2. The number of carbonyl (C=O) groups excluding carboxylic acids is 2. The second kappa shape index (κ2) is 10.3. The summed E-state index contributed by atoms with van der Waals surface area (Å²) in [6, 6.07) is 7.75. The summed E-state index contributed by atoms with van der Waals surface area (Å²) in [5, 5.41) is 0. The number of hydrogen-bond acceptors (Lipinski definition) is 4. The molecule has 2 saturated heterocycles. The summed E-state index contributed by atoms with van der Waals surface area (Å²) in [4.78, 5) is 30.7.